The van der Waals surface area contributed by atoms with Crippen LogP contribution < -0.4 is 5.32 Å². The second kappa shape index (κ2) is 5.41. The summed E-state index contributed by atoms with van der Waals surface area (Å²) in [5.41, 5.74) is 0.271. The molecule has 2 heterocycles. The Balaban J connectivity index is 1.98. The molecule has 104 valence electrons. The Morgan fingerprint density at radius 1 is 1.39 bits per heavy atom. The van der Waals surface area contributed by atoms with Crippen molar-refractivity contribution in [2.45, 2.75) is 70.6 Å². The van der Waals surface area contributed by atoms with E-state index in [1.807, 2.05) is 11.8 Å². The first kappa shape index (κ1) is 14.2. The lowest BCUT2D eigenvalue weighted by atomic mass is 9.94. The molecule has 2 fully saturated rings. The monoisotopic (exact) mass is 270 g/mol. The van der Waals surface area contributed by atoms with Crippen molar-refractivity contribution in [2.75, 3.05) is 12.4 Å². The van der Waals surface area contributed by atoms with E-state index in [4.69, 9.17) is 9.73 Å². The van der Waals surface area contributed by atoms with Crippen LogP contribution in [0.3, 0.4) is 0 Å². The first-order chi connectivity index (χ1) is 8.49. The van der Waals surface area contributed by atoms with Gasteiger partial charge in [-0.05, 0) is 39.5 Å². The maximum Gasteiger partial charge on any atom is 0.157 e. The van der Waals surface area contributed by atoms with Crippen molar-refractivity contribution in [3.8, 4) is 0 Å². The fraction of sp³-hybridized carbons (Fsp3) is 0.929. The Kier molecular flexibility index (Phi) is 4.27. The molecule has 0 saturated carbocycles. The SMILES string of the molecule is CCC1(CC)CSC(=NC2CCOC(C)(C)C2)N1. The first-order valence-corrected chi connectivity index (χ1v) is 8.10. The molecule has 1 N–H and O–H groups in total. The van der Waals surface area contributed by atoms with E-state index in [2.05, 4.69) is 33.0 Å². The predicted octanol–water partition coefficient (Wildman–Crippen LogP) is 3.20. The van der Waals surface area contributed by atoms with Crippen LogP contribution in [0.5, 0.6) is 0 Å². The van der Waals surface area contributed by atoms with E-state index in [0.717, 1.165) is 30.4 Å². The van der Waals surface area contributed by atoms with E-state index < -0.39 is 0 Å². The maximum atomic E-state index is 5.75. The molecule has 0 aliphatic carbocycles. The second-order valence-corrected chi connectivity index (χ2v) is 7.05. The van der Waals surface area contributed by atoms with Crippen LogP contribution in [0.4, 0.5) is 0 Å². The first-order valence-electron chi connectivity index (χ1n) is 7.11. The standard InChI is InChI=1S/C14H26N2OS/c1-5-14(6-2)10-18-12(16-14)15-11-7-8-17-13(3,4)9-11/h11H,5-10H2,1-4H3,(H,15,16). The summed E-state index contributed by atoms with van der Waals surface area (Å²) < 4.78 is 5.75. The molecule has 2 aliphatic heterocycles. The van der Waals surface area contributed by atoms with Crippen molar-refractivity contribution in [3.63, 3.8) is 0 Å². The summed E-state index contributed by atoms with van der Waals surface area (Å²) in [6.07, 6.45) is 4.44. The van der Waals surface area contributed by atoms with Gasteiger partial charge in [0.25, 0.3) is 0 Å². The third-order valence-electron chi connectivity index (χ3n) is 4.18. The molecule has 0 radical (unpaired) electrons. The Morgan fingerprint density at radius 2 is 2.11 bits per heavy atom. The summed E-state index contributed by atoms with van der Waals surface area (Å²) >= 11 is 1.89. The summed E-state index contributed by atoms with van der Waals surface area (Å²) in [6, 6.07) is 0.424. The van der Waals surface area contributed by atoms with Gasteiger partial charge < -0.3 is 10.1 Å². The molecule has 2 saturated heterocycles. The molecule has 1 unspecified atom stereocenters. The van der Waals surface area contributed by atoms with Crippen molar-refractivity contribution in [1.29, 1.82) is 0 Å². The van der Waals surface area contributed by atoms with Gasteiger partial charge >= 0.3 is 0 Å². The minimum absolute atomic E-state index is 0.0111. The van der Waals surface area contributed by atoms with Crippen LogP contribution in [0.1, 0.15) is 53.4 Å². The topological polar surface area (TPSA) is 33.6 Å². The molecule has 0 aromatic heterocycles. The van der Waals surface area contributed by atoms with E-state index in [1.165, 1.54) is 12.8 Å². The number of ether oxygens (including phenoxy) is 1. The average molecular weight is 270 g/mol. The van der Waals surface area contributed by atoms with Crippen molar-refractivity contribution < 1.29 is 4.74 Å². The fourth-order valence-corrected chi connectivity index (χ4v) is 4.09. The Labute approximate surface area is 115 Å². The zero-order chi connectivity index (χ0) is 13.2. The minimum atomic E-state index is -0.0111. The van der Waals surface area contributed by atoms with Gasteiger partial charge in [0.05, 0.1) is 11.6 Å². The summed E-state index contributed by atoms with van der Waals surface area (Å²) in [6.45, 7) is 9.69. The maximum absolute atomic E-state index is 5.75. The Hall–Kier alpha value is -0.220. The van der Waals surface area contributed by atoms with Crippen molar-refractivity contribution in [3.05, 3.63) is 0 Å². The molecular formula is C14H26N2OS. The van der Waals surface area contributed by atoms with Crippen LogP contribution >= 0.6 is 11.8 Å². The van der Waals surface area contributed by atoms with Crippen LogP contribution in [-0.4, -0.2) is 34.7 Å². The van der Waals surface area contributed by atoms with Crippen LogP contribution in [0.15, 0.2) is 4.99 Å². The van der Waals surface area contributed by atoms with E-state index in [-0.39, 0.29) is 11.1 Å². The number of hydrogen-bond donors (Lipinski definition) is 1. The highest BCUT2D eigenvalue weighted by Gasteiger charge is 2.35. The molecule has 1 atom stereocenters. The molecule has 18 heavy (non-hydrogen) atoms. The van der Waals surface area contributed by atoms with Gasteiger partial charge in [-0.25, -0.2) is 0 Å². The van der Waals surface area contributed by atoms with Gasteiger partial charge in [0.15, 0.2) is 5.17 Å². The smallest absolute Gasteiger partial charge is 0.157 e. The number of thioether (sulfide) groups is 1. The fourth-order valence-electron chi connectivity index (χ4n) is 2.68. The van der Waals surface area contributed by atoms with E-state index in [9.17, 15) is 0 Å². The largest absolute Gasteiger partial charge is 0.375 e. The molecule has 0 spiro atoms. The molecule has 2 aliphatic rings. The molecule has 0 bridgehead atoms. The summed E-state index contributed by atoms with van der Waals surface area (Å²) in [4.78, 5) is 4.91. The number of nitrogens with zero attached hydrogens (tertiary/aromatic N) is 1. The summed E-state index contributed by atoms with van der Waals surface area (Å²) in [5, 5.41) is 4.80. The van der Waals surface area contributed by atoms with Gasteiger partial charge in [0.1, 0.15) is 0 Å². The van der Waals surface area contributed by atoms with Crippen LogP contribution in [0.25, 0.3) is 0 Å². The molecule has 3 nitrogen and oxygen atoms in total. The van der Waals surface area contributed by atoms with Gasteiger partial charge in [-0.3, -0.25) is 4.99 Å². The Morgan fingerprint density at radius 3 is 2.67 bits per heavy atom. The van der Waals surface area contributed by atoms with E-state index in [1.54, 1.807) is 0 Å². The van der Waals surface area contributed by atoms with Crippen molar-refractivity contribution in [2.24, 2.45) is 4.99 Å². The lowest BCUT2D eigenvalue weighted by Gasteiger charge is -2.34. The van der Waals surface area contributed by atoms with E-state index in [0.29, 0.717) is 6.04 Å². The second-order valence-electron chi connectivity index (χ2n) is 6.09. The lowest BCUT2D eigenvalue weighted by Crippen LogP contribution is -2.43. The minimum Gasteiger partial charge on any atom is -0.375 e. The molecule has 0 aromatic carbocycles. The van der Waals surface area contributed by atoms with Crippen LogP contribution in [0.2, 0.25) is 0 Å². The predicted molar refractivity (Wildman–Crippen MR) is 79.4 cm³/mol. The number of aliphatic imine (C=N–C) groups is 1. The van der Waals surface area contributed by atoms with Crippen LogP contribution in [0, 0.1) is 0 Å². The van der Waals surface area contributed by atoms with Crippen molar-refractivity contribution in [1.82, 2.24) is 5.32 Å². The van der Waals surface area contributed by atoms with Crippen LogP contribution in [-0.2, 0) is 4.74 Å². The van der Waals surface area contributed by atoms with Gasteiger partial charge in [-0.1, -0.05) is 25.6 Å². The lowest BCUT2D eigenvalue weighted by molar-refractivity contribution is -0.0575. The molecule has 4 heteroatoms. The van der Waals surface area contributed by atoms with Crippen molar-refractivity contribution >= 4 is 16.9 Å². The van der Waals surface area contributed by atoms with Gasteiger partial charge in [-0.2, -0.15) is 0 Å². The average Bonchev–Trinajstić information content (AvgIpc) is 2.72. The highest BCUT2D eigenvalue weighted by Crippen LogP contribution is 2.31. The zero-order valence-corrected chi connectivity index (χ0v) is 12.9. The highest BCUT2D eigenvalue weighted by atomic mass is 32.2. The highest BCUT2D eigenvalue weighted by molar-refractivity contribution is 8.14. The van der Waals surface area contributed by atoms with Gasteiger partial charge in [0, 0.05) is 17.9 Å². The molecule has 0 aromatic rings. The van der Waals surface area contributed by atoms with E-state index >= 15 is 0 Å². The Bertz CT molecular complexity index is 324. The third-order valence-corrected chi connectivity index (χ3v) is 5.36. The molecule has 0 amide bonds. The summed E-state index contributed by atoms with van der Waals surface area (Å²) in [7, 11) is 0. The number of hydrogen-bond acceptors (Lipinski definition) is 3. The molecular weight excluding hydrogens is 244 g/mol. The quantitative estimate of drug-likeness (QED) is 0.855. The van der Waals surface area contributed by atoms with Gasteiger partial charge in [0.2, 0.25) is 0 Å². The zero-order valence-electron chi connectivity index (χ0n) is 12.1. The number of amidine groups is 1. The number of nitrogens with one attached hydrogen (secondary N) is 1. The summed E-state index contributed by atoms with van der Waals surface area (Å²) in [5.74, 6) is 1.16. The number of rotatable bonds is 3. The van der Waals surface area contributed by atoms with Gasteiger partial charge in [-0.15, -0.1) is 0 Å². The molecule has 2 rings (SSSR count). The normalized spacial score (nSPS) is 32.4. The third kappa shape index (κ3) is 3.21.